The van der Waals surface area contributed by atoms with Crippen LogP contribution in [0.5, 0.6) is 0 Å². The van der Waals surface area contributed by atoms with Crippen LogP contribution in [0.15, 0.2) is 83.8 Å². The molecule has 0 spiro atoms. The summed E-state index contributed by atoms with van der Waals surface area (Å²) in [4.78, 5) is 25.2. The summed E-state index contributed by atoms with van der Waals surface area (Å²) in [5.74, 6) is -1.16. The van der Waals surface area contributed by atoms with Gasteiger partial charge in [-0.05, 0) is 34.4 Å². The summed E-state index contributed by atoms with van der Waals surface area (Å²) in [6, 6.07) is 24.6. The van der Waals surface area contributed by atoms with E-state index in [1.807, 2.05) is 66.7 Å². The molecule has 0 saturated carbocycles. The van der Waals surface area contributed by atoms with E-state index in [2.05, 4.69) is 17.4 Å². The number of aliphatic carboxylic acids is 1. The molecule has 158 valence electrons. The molecule has 4 rings (SSSR count). The highest BCUT2D eigenvalue weighted by Gasteiger charge is 2.31. The number of hydrogen-bond acceptors (Lipinski definition) is 4. The molecule has 0 aliphatic heterocycles. The van der Waals surface area contributed by atoms with Gasteiger partial charge in [-0.1, -0.05) is 73.7 Å². The highest BCUT2D eigenvalue weighted by Crippen LogP contribution is 2.44. The van der Waals surface area contributed by atoms with Crippen molar-refractivity contribution in [2.45, 2.75) is 29.0 Å². The minimum atomic E-state index is -1.09. The van der Waals surface area contributed by atoms with Crippen LogP contribution in [0.3, 0.4) is 0 Å². The number of nitrogens with one attached hydrogen (secondary N) is 1. The third-order valence-corrected chi connectivity index (χ3v) is 6.61. The molecule has 2 atom stereocenters. The van der Waals surface area contributed by atoms with Crippen molar-refractivity contribution in [3.63, 3.8) is 0 Å². The number of ether oxygens (including phenoxy) is 1. The summed E-state index contributed by atoms with van der Waals surface area (Å²) < 4.78 is 5.50. The number of carbonyl (C=O) groups is 2. The molecule has 0 radical (unpaired) electrons. The van der Waals surface area contributed by atoms with E-state index in [9.17, 15) is 14.7 Å². The van der Waals surface area contributed by atoms with Crippen LogP contribution in [0.2, 0.25) is 0 Å². The molecular formula is C25H23NO4S. The Morgan fingerprint density at radius 3 is 2.06 bits per heavy atom. The molecule has 1 aliphatic carbocycles. The van der Waals surface area contributed by atoms with Gasteiger partial charge in [0.15, 0.2) is 0 Å². The summed E-state index contributed by atoms with van der Waals surface area (Å²) >= 11 is 1.40. The first-order valence-corrected chi connectivity index (χ1v) is 11.0. The normalized spacial score (nSPS) is 14.2. The fourth-order valence-corrected chi connectivity index (χ4v) is 4.99. The molecule has 5 nitrogen and oxygen atoms in total. The maximum absolute atomic E-state index is 12.5. The molecule has 3 aromatic rings. The second-order valence-corrected chi connectivity index (χ2v) is 8.87. The molecule has 0 bridgehead atoms. The summed E-state index contributed by atoms with van der Waals surface area (Å²) in [7, 11) is 0. The summed E-state index contributed by atoms with van der Waals surface area (Å²) in [5.41, 5.74) is 4.50. The number of fused-ring (bicyclic) bond motifs is 3. The zero-order valence-corrected chi connectivity index (χ0v) is 17.8. The van der Waals surface area contributed by atoms with E-state index in [1.165, 1.54) is 11.8 Å². The van der Waals surface area contributed by atoms with Crippen LogP contribution in [-0.2, 0) is 9.53 Å². The minimum absolute atomic E-state index is 0.0717. The number of carbonyl (C=O) groups excluding carboxylic acids is 1. The fourth-order valence-electron chi connectivity index (χ4n) is 3.93. The maximum atomic E-state index is 12.5. The zero-order chi connectivity index (χ0) is 21.8. The first kappa shape index (κ1) is 21.0. The Balaban J connectivity index is 1.42. The summed E-state index contributed by atoms with van der Waals surface area (Å²) in [5, 5.41) is 11.8. The van der Waals surface area contributed by atoms with Crippen molar-refractivity contribution in [2.24, 2.45) is 0 Å². The summed E-state index contributed by atoms with van der Waals surface area (Å²) in [6.45, 7) is 1.92. The lowest BCUT2D eigenvalue weighted by atomic mass is 9.98. The van der Waals surface area contributed by atoms with Gasteiger partial charge in [-0.3, -0.25) is 0 Å². The Hall–Kier alpha value is -3.25. The Morgan fingerprint density at radius 1 is 0.935 bits per heavy atom. The highest BCUT2D eigenvalue weighted by atomic mass is 32.2. The second kappa shape index (κ2) is 9.27. The first-order chi connectivity index (χ1) is 15.0. The van der Waals surface area contributed by atoms with Crippen molar-refractivity contribution in [2.75, 3.05) is 6.61 Å². The maximum Gasteiger partial charge on any atom is 0.407 e. The van der Waals surface area contributed by atoms with E-state index in [0.717, 1.165) is 27.1 Å². The predicted octanol–water partition coefficient (Wildman–Crippen LogP) is 5.16. The van der Waals surface area contributed by atoms with E-state index >= 15 is 0 Å². The van der Waals surface area contributed by atoms with Gasteiger partial charge in [-0.2, -0.15) is 0 Å². The Labute approximate surface area is 185 Å². The third kappa shape index (κ3) is 4.59. The Bertz CT molecular complexity index is 1040. The van der Waals surface area contributed by atoms with Gasteiger partial charge in [0.1, 0.15) is 12.6 Å². The molecular weight excluding hydrogens is 410 g/mol. The molecule has 1 amide bonds. The average Bonchev–Trinajstić information content (AvgIpc) is 3.10. The van der Waals surface area contributed by atoms with E-state index in [4.69, 9.17) is 4.74 Å². The van der Waals surface area contributed by atoms with Crippen molar-refractivity contribution < 1.29 is 19.4 Å². The van der Waals surface area contributed by atoms with Gasteiger partial charge in [0, 0.05) is 16.1 Å². The van der Waals surface area contributed by atoms with E-state index in [1.54, 1.807) is 6.92 Å². The number of alkyl carbamates (subject to hydrolysis) is 1. The van der Waals surface area contributed by atoms with E-state index in [0.29, 0.717) is 0 Å². The molecule has 0 heterocycles. The number of thioether (sulfide) groups is 1. The molecule has 0 saturated heterocycles. The van der Waals surface area contributed by atoms with Crippen LogP contribution >= 0.6 is 11.8 Å². The molecule has 0 fully saturated rings. The number of rotatable bonds is 7. The van der Waals surface area contributed by atoms with Crippen molar-refractivity contribution in [1.29, 1.82) is 0 Å². The smallest absolute Gasteiger partial charge is 0.407 e. The predicted molar refractivity (Wildman–Crippen MR) is 121 cm³/mol. The first-order valence-electron chi connectivity index (χ1n) is 10.1. The van der Waals surface area contributed by atoms with Gasteiger partial charge in [-0.25, -0.2) is 9.59 Å². The standard InChI is InChI=1S/C25H23NO4S/c1-16(31-17-9-3-2-4-10-17)23(24(27)28)26-25(29)30-15-22-20-13-7-5-11-18(20)19-12-6-8-14-21(19)22/h2-14,16,22-23H,15H2,1H3,(H,26,29)(H,27,28)/t16-,23-/m1/s1. The molecule has 1 aliphatic rings. The van der Waals surface area contributed by atoms with Gasteiger partial charge < -0.3 is 15.2 Å². The van der Waals surface area contributed by atoms with Crippen LogP contribution in [-0.4, -0.2) is 35.1 Å². The molecule has 0 aromatic heterocycles. The molecule has 2 N–H and O–H groups in total. The van der Waals surface area contributed by atoms with Crippen LogP contribution in [0.1, 0.15) is 24.0 Å². The van der Waals surface area contributed by atoms with Crippen molar-refractivity contribution >= 4 is 23.8 Å². The lowest BCUT2D eigenvalue weighted by Gasteiger charge is -2.21. The van der Waals surface area contributed by atoms with Crippen molar-refractivity contribution in [1.82, 2.24) is 5.32 Å². The third-order valence-electron chi connectivity index (χ3n) is 5.42. The SMILES string of the molecule is C[C@@H](Sc1ccccc1)[C@@H](NC(=O)OCC1c2ccccc2-c2ccccc21)C(=O)O. The molecule has 31 heavy (non-hydrogen) atoms. The van der Waals surface area contributed by atoms with Crippen LogP contribution in [0.25, 0.3) is 11.1 Å². The lowest BCUT2D eigenvalue weighted by molar-refractivity contribution is -0.139. The topological polar surface area (TPSA) is 75.6 Å². The van der Waals surface area contributed by atoms with E-state index < -0.39 is 18.1 Å². The van der Waals surface area contributed by atoms with E-state index in [-0.39, 0.29) is 17.8 Å². The number of carboxylic acid groups (broad SMARTS) is 1. The second-order valence-electron chi connectivity index (χ2n) is 7.42. The number of carboxylic acids is 1. The van der Waals surface area contributed by atoms with Crippen LogP contribution in [0, 0.1) is 0 Å². The quantitative estimate of drug-likeness (QED) is 0.504. The average molecular weight is 434 g/mol. The molecule has 3 aromatic carbocycles. The fraction of sp³-hybridized carbons (Fsp3) is 0.200. The van der Waals surface area contributed by atoms with Gasteiger partial charge in [0.25, 0.3) is 0 Å². The van der Waals surface area contributed by atoms with Crippen LogP contribution in [0.4, 0.5) is 4.79 Å². The van der Waals surface area contributed by atoms with Crippen LogP contribution < -0.4 is 5.32 Å². The number of hydrogen-bond donors (Lipinski definition) is 2. The van der Waals surface area contributed by atoms with Gasteiger partial charge >= 0.3 is 12.1 Å². The lowest BCUT2D eigenvalue weighted by Crippen LogP contribution is -2.47. The Morgan fingerprint density at radius 2 is 1.48 bits per heavy atom. The largest absolute Gasteiger partial charge is 0.480 e. The van der Waals surface area contributed by atoms with Gasteiger partial charge in [-0.15, -0.1) is 11.8 Å². The Kier molecular flexibility index (Phi) is 6.28. The zero-order valence-electron chi connectivity index (χ0n) is 17.0. The van der Waals surface area contributed by atoms with Gasteiger partial charge in [0.05, 0.1) is 0 Å². The summed E-state index contributed by atoms with van der Waals surface area (Å²) in [6.07, 6.45) is -0.727. The molecule has 0 unspecified atom stereocenters. The molecule has 6 heteroatoms. The van der Waals surface area contributed by atoms with Gasteiger partial charge in [0.2, 0.25) is 0 Å². The highest BCUT2D eigenvalue weighted by molar-refractivity contribution is 8.00. The number of amides is 1. The van der Waals surface area contributed by atoms with Crippen molar-refractivity contribution in [3.05, 3.63) is 90.0 Å². The monoisotopic (exact) mass is 433 g/mol. The number of benzene rings is 3. The minimum Gasteiger partial charge on any atom is -0.480 e. The van der Waals surface area contributed by atoms with Crippen molar-refractivity contribution in [3.8, 4) is 11.1 Å².